The topological polar surface area (TPSA) is 94.2 Å². The Labute approximate surface area is 219 Å². The molecule has 0 atom stereocenters. The van der Waals surface area contributed by atoms with Gasteiger partial charge in [-0.2, -0.15) is 0 Å². The number of ether oxygens (including phenoxy) is 3. The van der Waals surface area contributed by atoms with Crippen molar-refractivity contribution in [3.63, 3.8) is 0 Å². The standard InChI is InChI=1S/C28H34N2O6S/c1-5-6-21-9-13-24(14-10-21)36-18-17-29-28(31)23-11-7-22(8-12-23)20-30(37(4,32)33)26-19-25(34-2)15-16-27(26)35-3/h7-16,19H,5-6,17-18,20H2,1-4H3,(H,29,31). The highest BCUT2D eigenvalue weighted by molar-refractivity contribution is 7.92. The summed E-state index contributed by atoms with van der Waals surface area (Å²) < 4.78 is 42.8. The Hall–Kier alpha value is -3.72. The molecule has 0 radical (unpaired) electrons. The third kappa shape index (κ3) is 7.88. The average molecular weight is 527 g/mol. The Kier molecular flexibility index (Phi) is 9.79. The summed E-state index contributed by atoms with van der Waals surface area (Å²) in [6, 6.07) is 19.7. The van der Waals surface area contributed by atoms with Crippen molar-refractivity contribution in [1.29, 1.82) is 0 Å². The Morgan fingerprint density at radius 1 is 0.892 bits per heavy atom. The SMILES string of the molecule is CCCc1ccc(OCCNC(=O)c2ccc(CN(c3cc(OC)ccc3OC)S(C)(=O)=O)cc2)cc1. The molecule has 0 aliphatic carbocycles. The molecule has 0 unspecified atom stereocenters. The number of carbonyl (C=O) groups is 1. The fourth-order valence-electron chi connectivity index (χ4n) is 3.78. The lowest BCUT2D eigenvalue weighted by Crippen LogP contribution is -2.30. The molecule has 0 saturated carbocycles. The van der Waals surface area contributed by atoms with Crippen LogP contribution >= 0.6 is 0 Å². The molecule has 0 bridgehead atoms. The van der Waals surface area contributed by atoms with E-state index in [0.717, 1.165) is 24.8 Å². The second-order valence-corrected chi connectivity index (χ2v) is 10.4. The summed E-state index contributed by atoms with van der Waals surface area (Å²) in [5, 5.41) is 2.84. The second kappa shape index (κ2) is 13.0. The summed E-state index contributed by atoms with van der Waals surface area (Å²) in [6.45, 7) is 2.91. The van der Waals surface area contributed by atoms with Gasteiger partial charge in [0.1, 0.15) is 23.9 Å². The predicted octanol–water partition coefficient (Wildman–Crippen LogP) is 4.43. The van der Waals surface area contributed by atoms with E-state index in [9.17, 15) is 13.2 Å². The van der Waals surface area contributed by atoms with Crippen molar-refractivity contribution in [3.8, 4) is 17.2 Å². The van der Waals surface area contributed by atoms with Gasteiger partial charge in [0.15, 0.2) is 0 Å². The second-order valence-electron chi connectivity index (χ2n) is 8.50. The molecule has 0 aliphatic heterocycles. The lowest BCUT2D eigenvalue weighted by Gasteiger charge is -2.25. The lowest BCUT2D eigenvalue weighted by atomic mass is 10.1. The van der Waals surface area contributed by atoms with E-state index >= 15 is 0 Å². The largest absolute Gasteiger partial charge is 0.497 e. The predicted molar refractivity (Wildman–Crippen MR) is 145 cm³/mol. The number of nitrogens with one attached hydrogen (secondary N) is 1. The van der Waals surface area contributed by atoms with Crippen molar-refractivity contribution >= 4 is 21.6 Å². The molecule has 37 heavy (non-hydrogen) atoms. The van der Waals surface area contributed by atoms with Gasteiger partial charge in [-0.1, -0.05) is 37.6 Å². The monoisotopic (exact) mass is 526 g/mol. The van der Waals surface area contributed by atoms with Crippen LogP contribution in [-0.2, 0) is 23.0 Å². The Balaban J connectivity index is 1.60. The molecular formula is C28H34N2O6S. The van der Waals surface area contributed by atoms with Gasteiger partial charge in [0.05, 0.1) is 39.3 Å². The quantitative estimate of drug-likeness (QED) is 0.331. The number of aryl methyl sites for hydroxylation is 1. The molecule has 0 saturated heterocycles. The molecule has 198 valence electrons. The smallest absolute Gasteiger partial charge is 0.251 e. The maximum absolute atomic E-state index is 12.6. The van der Waals surface area contributed by atoms with E-state index in [4.69, 9.17) is 14.2 Å². The van der Waals surface area contributed by atoms with Crippen LogP contribution in [0.5, 0.6) is 17.2 Å². The van der Waals surface area contributed by atoms with E-state index in [0.29, 0.717) is 41.5 Å². The van der Waals surface area contributed by atoms with Gasteiger partial charge >= 0.3 is 0 Å². The van der Waals surface area contributed by atoms with Gasteiger partial charge in [0.25, 0.3) is 5.91 Å². The molecule has 1 amide bonds. The zero-order valence-electron chi connectivity index (χ0n) is 21.7. The number of amides is 1. The van der Waals surface area contributed by atoms with Crippen LogP contribution in [0.25, 0.3) is 0 Å². The Morgan fingerprint density at radius 3 is 2.14 bits per heavy atom. The molecule has 0 aromatic heterocycles. The van der Waals surface area contributed by atoms with E-state index < -0.39 is 10.0 Å². The molecule has 1 N–H and O–H groups in total. The highest BCUT2D eigenvalue weighted by atomic mass is 32.2. The molecule has 8 nitrogen and oxygen atoms in total. The molecule has 3 aromatic carbocycles. The summed E-state index contributed by atoms with van der Waals surface area (Å²) >= 11 is 0. The summed E-state index contributed by atoms with van der Waals surface area (Å²) in [7, 11) is -0.649. The van der Waals surface area contributed by atoms with Crippen molar-refractivity contribution in [1.82, 2.24) is 5.32 Å². The van der Waals surface area contributed by atoms with Crippen molar-refractivity contribution < 1.29 is 27.4 Å². The van der Waals surface area contributed by atoms with Gasteiger partial charge in [-0.25, -0.2) is 8.42 Å². The maximum Gasteiger partial charge on any atom is 0.251 e. The fraction of sp³-hybridized carbons (Fsp3) is 0.321. The van der Waals surface area contributed by atoms with Crippen LogP contribution in [0, 0.1) is 0 Å². The zero-order valence-corrected chi connectivity index (χ0v) is 22.5. The van der Waals surface area contributed by atoms with Crippen LogP contribution < -0.4 is 23.8 Å². The van der Waals surface area contributed by atoms with Gasteiger partial charge in [-0.05, 0) is 53.9 Å². The van der Waals surface area contributed by atoms with Crippen LogP contribution in [0.3, 0.4) is 0 Å². The molecule has 0 spiro atoms. The lowest BCUT2D eigenvalue weighted by molar-refractivity contribution is 0.0947. The highest BCUT2D eigenvalue weighted by Gasteiger charge is 2.22. The molecule has 3 rings (SSSR count). The van der Waals surface area contributed by atoms with E-state index in [1.165, 1.54) is 24.1 Å². The van der Waals surface area contributed by atoms with Crippen LogP contribution in [-0.4, -0.2) is 48.0 Å². The van der Waals surface area contributed by atoms with Crippen molar-refractivity contribution in [2.45, 2.75) is 26.3 Å². The zero-order chi connectivity index (χ0) is 26.8. The van der Waals surface area contributed by atoms with Gasteiger partial charge in [0.2, 0.25) is 10.0 Å². The number of nitrogens with zero attached hydrogens (tertiary/aromatic N) is 1. The number of anilines is 1. The first-order valence-corrected chi connectivity index (χ1v) is 13.9. The minimum atomic E-state index is -3.64. The Morgan fingerprint density at radius 2 is 1.54 bits per heavy atom. The van der Waals surface area contributed by atoms with E-state index in [1.54, 1.807) is 42.5 Å². The van der Waals surface area contributed by atoms with Gasteiger partial charge in [-0.15, -0.1) is 0 Å². The number of carbonyl (C=O) groups excluding carboxylic acids is 1. The van der Waals surface area contributed by atoms with Crippen molar-refractivity contribution in [3.05, 3.63) is 83.4 Å². The van der Waals surface area contributed by atoms with Crippen LogP contribution in [0.2, 0.25) is 0 Å². The molecule has 0 heterocycles. The number of rotatable bonds is 13. The van der Waals surface area contributed by atoms with E-state index in [2.05, 4.69) is 12.2 Å². The van der Waals surface area contributed by atoms with Crippen molar-refractivity contribution in [2.24, 2.45) is 0 Å². The molecule has 0 aliphatic rings. The van der Waals surface area contributed by atoms with E-state index in [1.807, 2.05) is 24.3 Å². The summed E-state index contributed by atoms with van der Waals surface area (Å²) in [5.41, 5.74) is 2.82. The fourth-order valence-corrected chi connectivity index (χ4v) is 4.66. The number of hydrogen-bond donors (Lipinski definition) is 1. The van der Waals surface area contributed by atoms with Crippen molar-refractivity contribution in [2.75, 3.05) is 37.9 Å². The number of hydrogen-bond acceptors (Lipinski definition) is 6. The minimum absolute atomic E-state index is 0.0646. The number of benzene rings is 3. The number of sulfonamides is 1. The van der Waals surface area contributed by atoms with Gasteiger partial charge < -0.3 is 19.5 Å². The molecule has 9 heteroatoms. The van der Waals surface area contributed by atoms with Crippen LogP contribution in [0.1, 0.15) is 34.8 Å². The normalized spacial score (nSPS) is 11.0. The molecular weight excluding hydrogens is 492 g/mol. The van der Waals surface area contributed by atoms with E-state index in [-0.39, 0.29) is 12.5 Å². The first kappa shape index (κ1) is 27.9. The summed E-state index contributed by atoms with van der Waals surface area (Å²) in [4.78, 5) is 12.5. The first-order valence-electron chi connectivity index (χ1n) is 12.0. The third-order valence-corrected chi connectivity index (χ3v) is 6.84. The van der Waals surface area contributed by atoms with Crippen LogP contribution in [0.4, 0.5) is 5.69 Å². The maximum atomic E-state index is 12.6. The first-order chi connectivity index (χ1) is 17.7. The summed E-state index contributed by atoms with van der Waals surface area (Å²) in [6.07, 6.45) is 3.27. The third-order valence-electron chi connectivity index (χ3n) is 5.72. The van der Waals surface area contributed by atoms with Gasteiger partial charge in [0, 0.05) is 11.6 Å². The van der Waals surface area contributed by atoms with Gasteiger partial charge in [-0.3, -0.25) is 9.10 Å². The Bertz CT molecular complexity index is 1280. The molecule has 0 fully saturated rings. The summed E-state index contributed by atoms with van der Waals surface area (Å²) in [5.74, 6) is 1.44. The highest BCUT2D eigenvalue weighted by Crippen LogP contribution is 2.34. The number of methoxy groups -OCH3 is 2. The average Bonchev–Trinajstić information content (AvgIpc) is 2.90. The minimum Gasteiger partial charge on any atom is -0.497 e. The molecule has 3 aromatic rings. The van der Waals surface area contributed by atoms with Crippen LogP contribution in [0.15, 0.2) is 66.7 Å².